The number of aliphatic hydroxyl groups is 1. The number of hydrogen-bond donors (Lipinski definition) is 1. The van der Waals surface area contributed by atoms with Crippen LogP contribution in [0.1, 0.15) is 5.56 Å². The maximum atomic E-state index is 9.45. The van der Waals surface area contributed by atoms with Crippen molar-refractivity contribution >= 4 is 10.8 Å². The van der Waals surface area contributed by atoms with Crippen LogP contribution in [0.2, 0.25) is 0 Å². The van der Waals surface area contributed by atoms with Gasteiger partial charge in [-0.05, 0) is 27.5 Å². The van der Waals surface area contributed by atoms with Crippen molar-refractivity contribution in [3.63, 3.8) is 0 Å². The molecule has 0 aliphatic heterocycles. The second-order valence-electron chi connectivity index (χ2n) is 4.34. The largest absolute Gasteiger partial charge is 0.392 e. The lowest BCUT2D eigenvalue weighted by Crippen LogP contribution is -1.89. The Morgan fingerprint density at radius 2 is 1.33 bits per heavy atom. The molecule has 1 N–H and O–H groups in total. The van der Waals surface area contributed by atoms with Gasteiger partial charge in [-0.3, -0.25) is 0 Å². The van der Waals surface area contributed by atoms with Crippen LogP contribution in [0.5, 0.6) is 0 Å². The quantitative estimate of drug-likeness (QED) is 0.710. The van der Waals surface area contributed by atoms with Gasteiger partial charge in [0.15, 0.2) is 0 Å². The Morgan fingerprint density at radius 1 is 0.667 bits per heavy atom. The van der Waals surface area contributed by atoms with E-state index in [0.717, 1.165) is 11.1 Å². The van der Waals surface area contributed by atoms with Crippen LogP contribution in [0.4, 0.5) is 0 Å². The molecule has 0 amide bonds. The molecule has 0 unspecified atom stereocenters. The van der Waals surface area contributed by atoms with Gasteiger partial charge in [0, 0.05) is 0 Å². The van der Waals surface area contributed by atoms with Gasteiger partial charge in [-0.1, -0.05) is 66.7 Å². The fourth-order valence-corrected chi connectivity index (χ4v) is 2.38. The molecule has 0 aliphatic rings. The molecule has 3 aromatic rings. The third kappa shape index (κ3) is 1.79. The van der Waals surface area contributed by atoms with Gasteiger partial charge < -0.3 is 5.11 Å². The van der Waals surface area contributed by atoms with Gasteiger partial charge in [-0.15, -0.1) is 0 Å². The van der Waals surface area contributed by atoms with Crippen molar-refractivity contribution in [2.75, 3.05) is 0 Å². The highest BCUT2D eigenvalue weighted by Gasteiger charge is 2.06. The first kappa shape index (κ1) is 11.0. The van der Waals surface area contributed by atoms with Gasteiger partial charge in [-0.25, -0.2) is 0 Å². The summed E-state index contributed by atoms with van der Waals surface area (Å²) >= 11 is 0. The van der Waals surface area contributed by atoms with E-state index in [1.54, 1.807) is 0 Å². The summed E-state index contributed by atoms with van der Waals surface area (Å²) in [4.78, 5) is 0. The fourth-order valence-electron chi connectivity index (χ4n) is 2.38. The van der Waals surface area contributed by atoms with Crippen LogP contribution in [0, 0.1) is 0 Å². The zero-order valence-electron chi connectivity index (χ0n) is 10.0. The molecule has 0 heterocycles. The minimum absolute atomic E-state index is 0.0688. The summed E-state index contributed by atoms with van der Waals surface area (Å²) in [6, 6.07) is 22.6. The lowest BCUT2D eigenvalue weighted by atomic mass is 9.95. The Morgan fingerprint density at radius 3 is 2.22 bits per heavy atom. The minimum atomic E-state index is 0.0688. The van der Waals surface area contributed by atoms with E-state index < -0.39 is 0 Å². The van der Waals surface area contributed by atoms with Crippen molar-refractivity contribution < 1.29 is 5.11 Å². The molecular formula is C17H14O. The van der Waals surface area contributed by atoms with Crippen LogP contribution in [0.25, 0.3) is 21.9 Å². The summed E-state index contributed by atoms with van der Waals surface area (Å²) in [6.45, 7) is 0.0688. The monoisotopic (exact) mass is 234 g/mol. The second kappa shape index (κ2) is 4.63. The molecule has 3 aromatic carbocycles. The lowest BCUT2D eigenvalue weighted by molar-refractivity contribution is 0.282. The van der Waals surface area contributed by atoms with E-state index in [4.69, 9.17) is 0 Å². The summed E-state index contributed by atoms with van der Waals surface area (Å²) in [7, 11) is 0. The lowest BCUT2D eigenvalue weighted by Gasteiger charge is -2.10. The molecule has 0 fully saturated rings. The standard InChI is InChI=1S/C17H14O/c18-12-14-7-2-4-10-16(14)17-11-5-8-13-6-1-3-9-15(13)17/h1-11,18H,12H2. The maximum absolute atomic E-state index is 9.45. The summed E-state index contributed by atoms with van der Waals surface area (Å²) in [5.74, 6) is 0. The smallest absolute Gasteiger partial charge is 0.0687 e. The Kier molecular flexibility index (Phi) is 2.83. The van der Waals surface area contributed by atoms with Crippen molar-refractivity contribution in [3.05, 3.63) is 72.3 Å². The summed E-state index contributed by atoms with van der Waals surface area (Å²) in [5, 5.41) is 11.9. The van der Waals surface area contributed by atoms with E-state index in [0.29, 0.717) is 0 Å². The molecule has 1 heteroatoms. The van der Waals surface area contributed by atoms with E-state index >= 15 is 0 Å². The Hall–Kier alpha value is -2.12. The van der Waals surface area contributed by atoms with Gasteiger partial charge in [-0.2, -0.15) is 0 Å². The molecule has 0 aromatic heterocycles. The first-order valence-corrected chi connectivity index (χ1v) is 6.07. The number of rotatable bonds is 2. The highest BCUT2D eigenvalue weighted by Crippen LogP contribution is 2.30. The number of aliphatic hydroxyl groups excluding tert-OH is 1. The van der Waals surface area contributed by atoms with E-state index in [1.807, 2.05) is 30.3 Å². The summed E-state index contributed by atoms with van der Waals surface area (Å²) < 4.78 is 0. The molecule has 0 saturated carbocycles. The van der Waals surface area contributed by atoms with Gasteiger partial charge in [0.05, 0.1) is 6.61 Å². The molecule has 0 atom stereocenters. The number of benzene rings is 3. The normalized spacial score (nSPS) is 10.7. The predicted molar refractivity (Wildman–Crippen MR) is 75.3 cm³/mol. The highest BCUT2D eigenvalue weighted by atomic mass is 16.3. The van der Waals surface area contributed by atoms with E-state index in [1.165, 1.54) is 16.3 Å². The second-order valence-corrected chi connectivity index (χ2v) is 4.34. The van der Waals surface area contributed by atoms with Crippen LogP contribution in [-0.2, 0) is 6.61 Å². The highest BCUT2D eigenvalue weighted by molar-refractivity contribution is 5.97. The van der Waals surface area contributed by atoms with Crippen molar-refractivity contribution in [2.24, 2.45) is 0 Å². The average Bonchev–Trinajstić information content (AvgIpc) is 2.46. The van der Waals surface area contributed by atoms with Crippen LogP contribution < -0.4 is 0 Å². The maximum Gasteiger partial charge on any atom is 0.0687 e. The summed E-state index contributed by atoms with van der Waals surface area (Å²) in [5.41, 5.74) is 3.25. The van der Waals surface area contributed by atoms with Gasteiger partial charge in [0.25, 0.3) is 0 Å². The van der Waals surface area contributed by atoms with Crippen LogP contribution in [0.3, 0.4) is 0 Å². The van der Waals surface area contributed by atoms with Gasteiger partial charge in [0.2, 0.25) is 0 Å². The molecule has 0 bridgehead atoms. The first-order chi connectivity index (χ1) is 8.90. The number of fused-ring (bicyclic) bond motifs is 1. The molecule has 0 spiro atoms. The average molecular weight is 234 g/mol. The molecular weight excluding hydrogens is 220 g/mol. The zero-order valence-corrected chi connectivity index (χ0v) is 10.0. The minimum Gasteiger partial charge on any atom is -0.392 e. The zero-order chi connectivity index (χ0) is 12.4. The summed E-state index contributed by atoms with van der Waals surface area (Å²) in [6.07, 6.45) is 0. The van der Waals surface area contributed by atoms with Crippen LogP contribution >= 0.6 is 0 Å². The third-order valence-corrected chi connectivity index (χ3v) is 3.27. The Balaban J connectivity index is 2.32. The molecule has 1 nitrogen and oxygen atoms in total. The molecule has 0 saturated heterocycles. The Bertz CT molecular complexity index is 681. The van der Waals surface area contributed by atoms with E-state index in [-0.39, 0.29) is 6.61 Å². The topological polar surface area (TPSA) is 20.2 Å². The van der Waals surface area contributed by atoms with Crippen molar-refractivity contribution in [2.45, 2.75) is 6.61 Å². The van der Waals surface area contributed by atoms with E-state index in [9.17, 15) is 5.11 Å². The SMILES string of the molecule is OCc1ccccc1-c1cccc2ccccc12. The van der Waals surface area contributed by atoms with Gasteiger partial charge >= 0.3 is 0 Å². The predicted octanol–water partition coefficient (Wildman–Crippen LogP) is 4.00. The van der Waals surface area contributed by atoms with Crippen molar-refractivity contribution in [1.82, 2.24) is 0 Å². The van der Waals surface area contributed by atoms with Crippen LogP contribution in [0.15, 0.2) is 66.7 Å². The number of hydrogen-bond acceptors (Lipinski definition) is 1. The molecule has 88 valence electrons. The van der Waals surface area contributed by atoms with Crippen molar-refractivity contribution in [1.29, 1.82) is 0 Å². The molecule has 3 rings (SSSR count). The first-order valence-electron chi connectivity index (χ1n) is 6.07. The van der Waals surface area contributed by atoms with E-state index in [2.05, 4.69) is 36.4 Å². The van der Waals surface area contributed by atoms with Crippen molar-refractivity contribution in [3.8, 4) is 11.1 Å². The van der Waals surface area contributed by atoms with Crippen LogP contribution in [-0.4, -0.2) is 5.11 Å². The molecule has 0 radical (unpaired) electrons. The third-order valence-electron chi connectivity index (χ3n) is 3.27. The molecule has 0 aliphatic carbocycles. The molecule has 18 heavy (non-hydrogen) atoms. The fraction of sp³-hybridized carbons (Fsp3) is 0.0588. The van der Waals surface area contributed by atoms with Gasteiger partial charge in [0.1, 0.15) is 0 Å². The Labute approximate surface area is 106 Å².